The van der Waals surface area contributed by atoms with E-state index in [1.165, 1.54) is 0 Å². The SMILES string of the molecule is N#Cc1ccc(-c2nc3cc4oc(=O)[nH]c4cc3[nH]2)cc1. The molecule has 4 rings (SSSR count). The van der Waals surface area contributed by atoms with Crippen LogP contribution in [0.3, 0.4) is 0 Å². The predicted molar refractivity (Wildman–Crippen MR) is 76.6 cm³/mol. The van der Waals surface area contributed by atoms with Crippen molar-refractivity contribution >= 4 is 22.1 Å². The number of nitrogens with zero attached hydrogens (tertiary/aromatic N) is 2. The highest BCUT2D eigenvalue weighted by Crippen LogP contribution is 2.24. The molecule has 2 aromatic carbocycles. The Morgan fingerprint density at radius 3 is 2.67 bits per heavy atom. The zero-order valence-corrected chi connectivity index (χ0v) is 10.7. The highest BCUT2D eigenvalue weighted by Gasteiger charge is 2.09. The van der Waals surface area contributed by atoms with Crippen LogP contribution in [0, 0.1) is 11.3 Å². The van der Waals surface area contributed by atoms with Gasteiger partial charge in [0.05, 0.1) is 28.2 Å². The first-order valence-electron chi connectivity index (χ1n) is 6.26. The van der Waals surface area contributed by atoms with Gasteiger partial charge < -0.3 is 9.40 Å². The van der Waals surface area contributed by atoms with Crippen LogP contribution in [0.2, 0.25) is 0 Å². The van der Waals surface area contributed by atoms with Crippen molar-refractivity contribution in [1.29, 1.82) is 5.26 Å². The van der Waals surface area contributed by atoms with Gasteiger partial charge in [0.15, 0.2) is 5.58 Å². The van der Waals surface area contributed by atoms with Crippen LogP contribution in [-0.4, -0.2) is 15.0 Å². The van der Waals surface area contributed by atoms with Crippen molar-refractivity contribution in [2.75, 3.05) is 0 Å². The second kappa shape index (κ2) is 4.08. The molecule has 0 bridgehead atoms. The van der Waals surface area contributed by atoms with E-state index in [2.05, 4.69) is 21.0 Å². The average molecular weight is 276 g/mol. The van der Waals surface area contributed by atoms with Gasteiger partial charge in [0.2, 0.25) is 0 Å². The summed E-state index contributed by atoms with van der Waals surface area (Å²) in [5.41, 5.74) is 4.11. The predicted octanol–water partition coefficient (Wildman–Crippen LogP) is 2.54. The van der Waals surface area contributed by atoms with Crippen LogP contribution >= 0.6 is 0 Å². The molecule has 0 saturated carbocycles. The number of fused-ring (bicyclic) bond motifs is 2. The molecule has 0 aliphatic carbocycles. The van der Waals surface area contributed by atoms with Gasteiger partial charge in [-0.2, -0.15) is 5.26 Å². The van der Waals surface area contributed by atoms with Crippen LogP contribution in [-0.2, 0) is 0 Å². The molecule has 2 heterocycles. The third kappa shape index (κ3) is 1.80. The maximum Gasteiger partial charge on any atom is 0.417 e. The molecule has 0 radical (unpaired) electrons. The van der Waals surface area contributed by atoms with Crippen LogP contribution < -0.4 is 5.76 Å². The summed E-state index contributed by atoms with van der Waals surface area (Å²) in [6.45, 7) is 0. The average Bonchev–Trinajstić information content (AvgIpc) is 3.06. The van der Waals surface area contributed by atoms with E-state index in [1.807, 2.05) is 12.1 Å². The second-order valence-electron chi connectivity index (χ2n) is 4.65. The molecule has 0 aliphatic heterocycles. The number of hydrogen-bond donors (Lipinski definition) is 2. The minimum absolute atomic E-state index is 0.477. The Hall–Kier alpha value is -3.33. The van der Waals surface area contributed by atoms with Crippen LogP contribution in [0.5, 0.6) is 0 Å². The van der Waals surface area contributed by atoms with Gasteiger partial charge in [0.1, 0.15) is 5.82 Å². The summed E-state index contributed by atoms with van der Waals surface area (Å²) in [6, 6.07) is 12.7. The summed E-state index contributed by atoms with van der Waals surface area (Å²) < 4.78 is 5.02. The standard InChI is InChI=1S/C15H8N4O2/c16-7-8-1-3-9(4-2-8)14-17-10-5-12-13(6-11(10)18-14)21-15(20)19-12/h1-6H,(H,17,18)(H,19,20). The quantitative estimate of drug-likeness (QED) is 0.558. The number of benzene rings is 2. The number of rotatable bonds is 1. The Bertz CT molecular complexity index is 1010. The van der Waals surface area contributed by atoms with Gasteiger partial charge in [-0.3, -0.25) is 4.98 Å². The number of aromatic amines is 2. The molecule has 0 amide bonds. The largest absolute Gasteiger partial charge is 0.417 e. The summed E-state index contributed by atoms with van der Waals surface area (Å²) in [6.07, 6.45) is 0. The smallest absolute Gasteiger partial charge is 0.408 e. The normalized spacial score (nSPS) is 11.0. The molecular formula is C15H8N4O2. The van der Waals surface area contributed by atoms with Crippen LogP contribution in [0.1, 0.15) is 5.56 Å². The zero-order chi connectivity index (χ0) is 14.4. The van der Waals surface area contributed by atoms with Gasteiger partial charge in [0.25, 0.3) is 0 Å². The van der Waals surface area contributed by atoms with Crippen molar-refractivity contribution in [3.8, 4) is 17.5 Å². The lowest BCUT2D eigenvalue weighted by atomic mass is 10.1. The van der Waals surface area contributed by atoms with Gasteiger partial charge in [-0.05, 0) is 30.3 Å². The van der Waals surface area contributed by atoms with E-state index in [-0.39, 0.29) is 0 Å². The van der Waals surface area contributed by atoms with Crippen molar-refractivity contribution in [2.24, 2.45) is 0 Å². The first-order valence-corrected chi connectivity index (χ1v) is 6.26. The lowest BCUT2D eigenvalue weighted by Gasteiger charge is -1.95. The molecule has 4 aromatic rings. The lowest BCUT2D eigenvalue weighted by Crippen LogP contribution is -1.92. The number of hydrogen-bond acceptors (Lipinski definition) is 4. The third-order valence-corrected chi connectivity index (χ3v) is 3.31. The van der Waals surface area contributed by atoms with E-state index in [1.54, 1.807) is 24.3 Å². The summed E-state index contributed by atoms with van der Waals surface area (Å²) in [5, 5.41) is 8.81. The fourth-order valence-electron chi connectivity index (χ4n) is 2.29. The van der Waals surface area contributed by atoms with Gasteiger partial charge in [-0.15, -0.1) is 0 Å². The molecule has 6 heteroatoms. The maximum atomic E-state index is 11.2. The highest BCUT2D eigenvalue weighted by molar-refractivity contribution is 5.91. The number of oxazole rings is 1. The second-order valence-corrected chi connectivity index (χ2v) is 4.65. The van der Waals surface area contributed by atoms with E-state index < -0.39 is 5.76 Å². The van der Waals surface area contributed by atoms with Crippen molar-refractivity contribution in [3.05, 3.63) is 52.5 Å². The van der Waals surface area contributed by atoms with Gasteiger partial charge in [-0.25, -0.2) is 9.78 Å². The van der Waals surface area contributed by atoms with Crippen molar-refractivity contribution in [3.63, 3.8) is 0 Å². The zero-order valence-electron chi connectivity index (χ0n) is 10.7. The van der Waals surface area contributed by atoms with Crippen molar-refractivity contribution in [2.45, 2.75) is 0 Å². The number of nitrogens with one attached hydrogen (secondary N) is 2. The topological polar surface area (TPSA) is 98.5 Å². The van der Waals surface area contributed by atoms with Crippen molar-refractivity contribution < 1.29 is 4.42 Å². The third-order valence-electron chi connectivity index (χ3n) is 3.31. The number of H-pyrrole nitrogens is 2. The van der Waals surface area contributed by atoms with E-state index >= 15 is 0 Å². The van der Waals surface area contributed by atoms with E-state index in [4.69, 9.17) is 9.68 Å². The number of aromatic nitrogens is 3. The molecule has 0 spiro atoms. The summed E-state index contributed by atoms with van der Waals surface area (Å²) in [4.78, 5) is 21.4. The monoisotopic (exact) mass is 276 g/mol. The molecule has 0 aliphatic rings. The fourth-order valence-corrected chi connectivity index (χ4v) is 2.29. The van der Waals surface area contributed by atoms with Gasteiger partial charge >= 0.3 is 5.76 Å². The fraction of sp³-hybridized carbons (Fsp3) is 0. The summed E-state index contributed by atoms with van der Waals surface area (Å²) in [7, 11) is 0. The molecule has 0 fully saturated rings. The minimum Gasteiger partial charge on any atom is -0.408 e. The Morgan fingerprint density at radius 2 is 1.90 bits per heavy atom. The molecule has 6 nitrogen and oxygen atoms in total. The first kappa shape index (κ1) is 11.5. The molecule has 2 N–H and O–H groups in total. The first-order chi connectivity index (χ1) is 10.2. The van der Waals surface area contributed by atoms with Crippen molar-refractivity contribution in [1.82, 2.24) is 15.0 Å². The number of imidazole rings is 1. The van der Waals surface area contributed by atoms with E-state index in [9.17, 15) is 4.79 Å². The van der Waals surface area contributed by atoms with Crippen LogP contribution in [0.4, 0.5) is 0 Å². The Labute approximate surface area is 117 Å². The van der Waals surface area contributed by atoms with E-state index in [0.29, 0.717) is 28.0 Å². The Morgan fingerprint density at radius 1 is 1.10 bits per heavy atom. The van der Waals surface area contributed by atoms with E-state index in [0.717, 1.165) is 11.1 Å². The molecular weight excluding hydrogens is 268 g/mol. The molecule has 0 saturated heterocycles. The summed E-state index contributed by atoms with van der Waals surface area (Å²) in [5.74, 6) is 0.217. The Balaban J connectivity index is 1.89. The molecule has 0 atom stereocenters. The minimum atomic E-state index is -0.482. The highest BCUT2D eigenvalue weighted by atomic mass is 16.4. The van der Waals surface area contributed by atoms with Crippen LogP contribution in [0.15, 0.2) is 45.6 Å². The summed E-state index contributed by atoms with van der Waals surface area (Å²) >= 11 is 0. The van der Waals surface area contributed by atoms with Gasteiger partial charge in [-0.1, -0.05) is 0 Å². The number of nitriles is 1. The maximum absolute atomic E-state index is 11.2. The molecule has 21 heavy (non-hydrogen) atoms. The Kier molecular flexibility index (Phi) is 2.23. The molecule has 100 valence electrons. The lowest BCUT2D eigenvalue weighted by molar-refractivity contribution is 0.555. The van der Waals surface area contributed by atoms with Gasteiger partial charge in [0, 0.05) is 11.6 Å². The van der Waals surface area contributed by atoms with Crippen LogP contribution in [0.25, 0.3) is 33.5 Å². The molecule has 2 aromatic heterocycles. The molecule has 0 unspecified atom stereocenters.